The van der Waals surface area contributed by atoms with Crippen LogP contribution in [0, 0.1) is 24.0 Å². The number of hydrogen-bond donors (Lipinski definition) is 2. The molecule has 0 fully saturated rings. The zero-order valence-electron chi connectivity index (χ0n) is 10.9. The van der Waals surface area contributed by atoms with E-state index in [1.165, 1.54) is 5.56 Å². The molecule has 1 aromatic rings. The van der Waals surface area contributed by atoms with Crippen LogP contribution in [0.15, 0.2) is 24.2 Å². The molecular weight excluding hydrogens is 232 g/mol. The van der Waals surface area contributed by atoms with E-state index in [0.717, 1.165) is 24.0 Å². The van der Waals surface area contributed by atoms with Gasteiger partial charge in [0, 0.05) is 25.0 Å². The number of aryl methyl sites for hydroxylation is 2. The van der Waals surface area contributed by atoms with Crippen molar-refractivity contribution >= 4 is 0 Å². The van der Waals surface area contributed by atoms with E-state index in [1.54, 1.807) is 7.05 Å². The molecule has 2 N–H and O–H groups in total. The molecule has 1 rings (SSSR count). The summed E-state index contributed by atoms with van der Waals surface area (Å²) in [4.78, 5) is 14.1. The monoisotopic (exact) mass is 250 g/mol. The topological polar surface area (TPSA) is 80.1 Å². The van der Waals surface area contributed by atoms with Crippen molar-refractivity contribution in [3.05, 3.63) is 51.2 Å². The number of hydrogen-bond acceptors (Lipinski definition) is 5. The minimum Gasteiger partial charge on any atom is -0.370 e. The Kier molecular flexibility index (Phi) is 5.10. The van der Waals surface area contributed by atoms with Crippen molar-refractivity contribution in [2.75, 3.05) is 13.6 Å². The fraction of sp³-hybridized carbons (Fsp3) is 0.417. The molecule has 0 atom stereocenters. The van der Waals surface area contributed by atoms with Gasteiger partial charge in [-0.15, -0.1) is 0 Å². The second-order valence-electron chi connectivity index (χ2n) is 4.01. The molecule has 0 saturated heterocycles. The van der Waals surface area contributed by atoms with E-state index in [1.807, 2.05) is 26.0 Å². The summed E-state index contributed by atoms with van der Waals surface area (Å²) in [6.07, 6.45) is 1.71. The van der Waals surface area contributed by atoms with Crippen LogP contribution in [0.2, 0.25) is 0 Å². The minimum atomic E-state index is -0.487. The van der Waals surface area contributed by atoms with Gasteiger partial charge in [-0.05, 0) is 38.0 Å². The molecule has 0 aliphatic heterocycles. The summed E-state index contributed by atoms with van der Waals surface area (Å²) in [7, 11) is 1.64. The lowest BCUT2D eigenvalue weighted by Crippen LogP contribution is -2.26. The largest absolute Gasteiger partial charge is 0.370 e. The maximum atomic E-state index is 10.3. The van der Waals surface area contributed by atoms with Gasteiger partial charge in [-0.3, -0.25) is 15.1 Å². The van der Waals surface area contributed by atoms with Crippen LogP contribution in [0.1, 0.15) is 17.0 Å². The van der Waals surface area contributed by atoms with Crippen LogP contribution in [0.5, 0.6) is 0 Å². The first-order valence-corrected chi connectivity index (χ1v) is 5.72. The molecule has 0 aromatic carbocycles. The standard InChI is InChI=1S/C12H18N4O2/c1-9-6-11(7-10(2)15-9)4-5-14-12(13-3)8-16(17)18/h6-8,13-14H,4-5H2,1-3H3/b12-8+. The Morgan fingerprint density at radius 1 is 1.44 bits per heavy atom. The Hall–Kier alpha value is -2.11. The summed E-state index contributed by atoms with van der Waals surface area (Å²) in [5.41, 5.74) is 3.14. The SMILES string of the molecule is CN/C(=C\[N+](=O)[O-])NCCc1cc(C)nc(C)c1. The molecule has 6 heteroatoms. The average molecular weight is 250 g/mol. The lowest BCUT2D eigenvalue weighted by atomic mass is 10.1. The highest BCUT2D eigenvalue weighted by Gasteiger charge is 2.01. The average Bonchev–Trinajstić information content (AvgIpc) is 2.25. The van der Waals surface area contributed by atoms with Crippen molar-refractivity contribution in [3.8, 4) is 0 Å². The first-order valence-electron chi connectivity index (χ1n) is 5.72. The predicted octanol–water partition coefficient (Wildman–Crippen LogP) is 1.13. The quantitative estimate of drug-likeness (QED) is 0.584. The van der Waals surface area contributed by atoms with Gasteiger partial charge in [-0.25, -0.2) is 0 Å². The summed E-state index contributed by atoms with van der Waals surface area (Å²) in [6, 6.07) is 4.04. The third-order valence-electron chi connectivity index (χ3n) is 2.37. The maximum absolute atomic E-state index is 10.3. The molecule has 0 aliphatic carbocycles. The smallest absolute Gasteiger partial charge is 0.274 e. The molecule has 1 aromatic heterocycles. The summed E-state index contributed by atoms with van der Waals surface area (Å²) in [6.45, 7) is 4.54. The van der Waals surface area contributed by atoms with E-state index in [0.29, 0.717) is 12.4 Å². The molecule has 0 radical (unpaired) electrons. The predicted molar refractivity (Wildman–Crippen MR) is 69.6 cm³/mol. The zero-order chi connectivity index (χ0) is 13.5. The van der Waals surface area contributed by atoms with Crippen LogP contribution in [0.4, 0.5) is 0 Å². The van der Waals surface area contributed by atoms with E-state index in [9.17, 15) is 10.1 Å². The second kappa shape index (κ2) is 6.58. The zero-order valence-corrected chi connectivity index (χ0v) is 10.9. The number of rotatable bonds is 6. The Morgan fingerprint density at radius 2 is 2.06 bits per heavy atom. The van der Waals surface area contributed by atoms with Crippen LogP contribution in [0.25, 0.3) is 0 Å². The maximum Gasteiger partial charge on any atom is 0.274 e. The Labute approximate surface area is 106 Å². The molecule has 0 saturated carbocycles. The van der Waals surface area contributed by atoms with Gasteiger partial charge in [0.2, 0.25) is 0 Å². The number of nitrogens with one attached hydrogen (secondary N) is 2. The van der Waals surface area contributed by atoms with Gasteiger partial charge >= 0.3 is 0 Å². The molecule has 6 nitrogen and oxygen atoms in total. The highest BCUT2D eigenvalue weighted by Crippen LogP contribution is 2.05. The van der Waals surface area contributed by atoms with Crippen molar-refractivity contribution in [1.29, 1.82) is 0 Å². The van der Waals surface area contributed by atoms with Crippen molar-refractivity contribution < 1.29 is 4.92 Å². The fourth-order valence-corrected chi connectivity index (χ4v) is 1.71. The molecule has 18 heavy (non-hydrogen) atoms. The van der Waals surface area contributed by atoms with Gasteiger partial charge in [0.25, 0.3) is 6.20 Å². The first kappa shape index (κ1) is 14.0. The van der Waals surface area contributed by atoms with Crippen LogP contribution < -0.4 is 10.6 Å². The first-order chi connectivity index (χ1) is 8.51. The summed E-state index contributed by atoms with van der Waals surface area (Å²) in [5, 5.41) is 16.0. The Bertz CT molecular complexity index is 437. The molecule has 1 heterocycles. The van der Waals surface area contributed by atoms with E-state index in [-0.39, 0.29) is 0 Å². The highest BCUT2D eigenvalue weighted by molar-refractivity contribution is 5.20. The van der Waals surface area contributed by atoms with Gasteiger partial charge in [-0.1, -0.05) is 0 Å². The fourth-order valence-electron chi connectivity index (χ4n) is 1.71. The molecule has 0 bridgehead atoms. The lowest BCUT2D eigenvalue weighted by Gasteiger charge is -2.08. The molecule has 0 spiro atoms. The lowest BCUT2D eigenvalue weighted by molar-refractivity contribution is -0.404. The van der Waals surface area contributed by atoms with Gasteiger partial charge in [-0.2, -0.15) is 0 Å². The third-order valence-corrected chi connectivity index (χ3v) is 2.37. The third kappa shape index (κ3) is 4.82. The van der Waals surface area contributed by atoms with E-state index >= 15 is 0 Å². The summed E-state index contributed by atoms with van der Waals surface area (Å²) >= 11 is 0. The molecule has 0 amide bonds. The van der Waals surface area contributed by atoms with Crippen LogP contribution in [-0.4, -0.2) is 23.5 Å². The van der Waals surface area contributed by atoms with Crippen LogP contribution >= 0.6 is 0 Å². The number of nitro groups is 1. The van der Waals surface area contributed by atoms with E-state index < -0.39 is 4.92 Å². The number of pyridine rings is 1. The van der Waals surface area contributed by atoms with Crippen molar-refractivity contribution in [3.63, 3.8) is 0 Å². The Morgan fingerprint density at radius 3 is 2.56 bits per heavy atom. The summed E-state index contributed by atoms with van der Waals surface area (Å²) < 4.78 is 0. The minimum absolute atomic E-state index is 0.405. The molecular formula is C12H18N4O2. The van der Waals surface area contributed by atoms with Gasteiger partial charge in [0.15, 0.2) is 5.82 Å². The van der Waals surface area contributed by atoms with E-state index in [2.05, 4.69) is 15.6 Å². The van der Waals surface area contributed by atoms with Crippen molar-refractivity contribution in [1.82, 2.24) is 15.6 Å². The van der Waals surface area contributed by atoms with Gasteiger partial charge < -0.3 is 10.6 Å². The summed E-state index contributed by atoms with van der Waals surface area (Å²) in [5.74, 6) is 0.405. The van der Waals surface area contributed by atoms with Crippen molar-refractivity contribution in [2.24, 2.45) is 0 Å². The number of nitrogens with zero attached hydrogens (tertiary/aromatic N) is 2. The van der Waals surface area contributed by atoms with Gasteiger partial charge in [0.05, 0.1) is 4.92 Å². The normalized spacial score (nSPS) is 11.2. The molecule has 98 valence electrons. The Balaban J connectivity index is 2.53. The molecule has 0 aliphatic rings. The van der Waals surface area contributed by atoms with Gasteiger partial charge in [0.1, 0.15) is 0 Å². The van der Waals surface area contributed by atoms with Crippen LogP contribution in [-0.2, 0) is 6.42 Å². The number of aromatic nitrogens is 1. The molecule has 0 unspecified atom stereocenters. The highest BCUT2D eigenvalue weighted by atomic mass is 16.6. The van der Waals surface area contributed by atoms with E-state index in [4.69, 9.17) is 0 Å². The van der Waals surface area contributed by atoms with Crippen LogP contribution in [0.3, 0.4) is 0 Å². The van der Waals surface area contributed by atoms with Crippen molar-refractivity contribution in [2.45, 2.75) is 20.3 Å². The second-order valence-corrected chi connectivity index (χ2v) is 4.01.